The number of methoxy groups -OCH3 is 3. The van der Waals surface area contributed by atoms with Crippen molar-refractivity contribution < 1.29 is 33.1 Å². The summed E-state index contributed by atoms with van der Waals surface area (Å²) >= 11 is 2.52. The van der Waals surface area contributed by atoms with Crippen molar-refractivity contribution in [1.82, 2.24) is 4.37 Å². The Kier molecular flexibility index (Phi) is 6.95. The van der Waals surface area contributed by atoms with E-state index in [2.05, 4.69) is 8.90 Å². The van der Waals surface area contributed by atoms with Crippen LogP contribution in [-0.2, 0) is 4.57 Å². The SMILES string of the molecule is COc1cc(-c2sncc2-c2ccc(SC)c(OP(=O)([O-])[O-])c2)cc(OC)c1OC. The van der Waals surface area contributed by atoms with Crippen LogP contribution in [0.2, 0.25) is 0 Å². The topological polar surface area (TPSA) is 113 Å². The fourth-order valence-electron chi connectivity index (χ4n) is 2.90. The molecule has 0 N–H and O–H groups in total. The lowest BCUT2D eigenvalue weighted by atomic mass is 10.0. The fourth-order valence-corrected chi connectivity index (χ4v) is 4.62. The normalized spacial score (nSPS) is 11.3. The van der Waals surface area contributed by atoms with E-state index in [4.69, 9.17) is 14.2 Å². The number of hydrogen-bond donors (Lipinski definition) is 0. The summed E-state index contributed by atoms with van der Waals surface area (Å²) in [6.07, 6.45) is 3.42. The molecule has 0 radical (unpaired) electrons. The predicted molar refractivity (Wildman–Crippen MR) is 113 cm³/mol. The third-order valence-corrected chi connectivity index (χ3v) is 6.23. The van der Waals surface area contributed by atoms with Gasteiger partial charge in [0.25, 0.3) is 0 Å². The van der Waals surface area contributed by atoms with Gasteiger partial charge in [-0.2, -0.15) is 4.37 Å². The van der Waals surface area contributed by atoms with Crippen LogP contribution in [0.15, 0.2) is 41.4 Å². The highest BCUT2D eigenvalue weighted by Gasteiger charge is 2.19. The highest BCUT2D eigenvalue weighted by Crippen LogP contribution is 2.46. The van der Waals surface area contributed by atoms with E-state index in [1.54, 1.807) is 30.7 Å². The van der Waals surface area contributed by atoms with E-state index in [1.165, 1.54) is 50.7 Å². The van der Waals surface area contributed by atoms with E-state index < -0.39 is 7.82 Å². The second-order valence-corrected chi connectivity index (χ2v) is 8.61. The summed E-state index contributed by atoms with van der Waals surface area (Å²) in [5.41, 5.74) is 2.16. The van der Waals surface area contributed by atoms with Crippen LogP contribution in [0.25, 0.3) is 21.6 Å². The van der Waals surface area contributed by atoms with Crippen LogP contribution in [0.4, 0.5) is 0 Å². The molecule has 0 bridgehead atoms. The highest BCUT2D eigenvalue weighted by atomic mass is 32.2. The zero-order valence-electron chi connectivity index (χ0n) is 16.5. The zero-order valence-corrected chi connectivity index (χ0v) is 19.1. The number of aromatic nitrogens is 1. The van der Waals surface area contributed by atoms with Gasteiger partial charge < -0.3 is 33.1 Å². The van der Waals surface area contributed by atoms with E-state index in [-0.39, 0.29) is 5.75 Å². The average molecular weight is 467 g/mol. The summed E-state index contributed by atoms with van der Waals surface area (Å²) in [6, 6.07) is 8.62. The molecule has 0 aliphatic heterocycles. The third-order valence-electron chi connectivity index (χ3n) is 4.18. The van der Waals surface area contributed by atoms with Gasteiger partial charge in [-0.1, -0.05) is 6.07 Å². The molecule has 0 aliphatic rings. The van der Waals surface area contributed by atoms with Crippen molar-refractivity contribution >= 4 is 31.1 Å². The molecule has 2 aromatic carbocycles. The molecule has 0 unspecified atom stereocenters. The molecule has 3 aromatic rings. The molecule has 160 valence electrons. The van der Waals surface area contributed by atoms with Crippen LogP contribution in [0, 0.1) is 0 Å². The monoisotopic (exact) mass is 467 g/mol. The summed E-state index contributed by atoms with van der Waals surface area (Å²) in [7, 11) is -0.610. The first-order valence-corrected chi connectivity index (χ1v) is 11.9. The van der Waals surface area contributed by atoms with Gasteiger partial charge >= 0.3 is 0 Å². The molecule has 3 rings (SSSR count). The highest BCUT2D eigenvalue weighted by molar-refractivity contribution is 7.98. The van der Waals surface area contributed by atoms with E-state index >= 15 is 0 Å². The van der Waals surface area contributed by atoms with Crippen molar-refractivity contribution in [3.63, 3.8) is 0 Å². The summed E-state index contributed by atoms with van der Waals surface area (Å²) in [5.74, 6) is 1.44. The number of rotatable bonds is 8. The molecule has 0 spiro atoms. The van der Waals surface area contributed by atoms with E-state index in [9.17, 15) is 14.4 Å². The lowest BCUT2D eigenvalue weighted by Crippen LogP contribution is -2.18. The summed E-state index contributed by atoms with van der Waals surface area (Å²) in [4.78, 5) is 23.6. The minimum absolute atomic E-state index is 0.0182. The quantitative estimate of drug-likeness (QED) is 0.363. The van der Waals surface area contributed by atoms with Crippen molar-refractivity contribution in [2.45, 2.75) is 4.90 Å². The van der Waals surface area contributed by atoms with Gasteiger partial charge in [0.1, 0.15) is 13.6 Å². The minimum Gasteiger partial charge on any atom is -0.780 e. The van der Waals surface area contributed by atoms with Crippen LogP contribution in [-0.4, -0.2) is 32.0 Å². The Morgan fingerprint density at radius 2 is 1.60 bits per heavy atom. The van der Waals surface area contributed by atoms with E-state index in [0.717, 1.165) is 16.0 Å². The Morgan fingerprint density at radius 1 is 0.967 bits per heavy atom. The predicted octanol–water partition coefficient (Wildman–Crippen LogP) is 3.43. The van der Waals surface area contributed by atoms with Gasteiger partial charge in [-0.05, 0) is 47.6 Å². The first-order chi connectivity index (χ1) is 14.3. The standard InChI is InChI=1S/C19H20NO7PS2/c1-24-15-8-12(9-16(25-2)18(15)26-3)19-13(10-20-30-19)11-5-6-17(29-4)14(7-11)27-28(21,22)23/h5-10H,1-4H3,(H2,21,22,23)/p-2. The van der Waals surface area contributed by atoms with Gasteiger partial charge in [-0.15, -0.1) is 11.8 Å². The third kappa shape index (κ3) is 4.74. The molecule has 8 nitrogen and oxygen atoms in total. The second-order valence-electron chi connectivity index (χ2n) is 5.89. The zero-order chi connectivity index (χ0) is 21.9. The van der Waals surface area contributed by atoms with E-state index in [1.807, 2.05) is 6.07 Å². The Labute approximate surface area is 182 Å². The number of hydrogen-bond acceptors (Lipinski definition) is 10. The first-order valence-electron chi connectivity index (χ1n) is 8.46. The second kappa shape index (κ2) is 9.28. The molecule has 0 atom stereocenters. The molecular weight excluding hydrogens is 449 g/mol. The molecule has 11 heteroatoms. The van der Waals surface area contributed by atoms with Crippen LogP contribution in [0.1, 0.15) is 0 Å². The molecule has 0 saturated carbocycles. The number of nitrogens with zero attached hydrogens (tertiary/aromatic N) is 1. The number of phosphoric acid groups is 1. The largest absolute Gasteiger partial charge is 0.780 e. The van der Waals surface area contributed by atoms with E-state index in [0.29, 0.717) is 27.7 Å². The fraction of sp³-hybridized carbons (Fsp3) is 0.211. The lowest BCUT2D eigenvalue weighted by Gasteiger charge is -2.30. The van der Waals surface area contributed by atoms with Crippen molar-refractivity contribution in [2.24, 2.45) is 0 Å². The van der Waals surface area contributed by atoms with Gasteiger partial charge in [-0.25, -0.2) is 0 Å². The smallest absolute Gasteiger partial charge is 0.203 e. The number of phosphoric ester groups is 1. The van der Waals surface area contributed by atoms with Crippen molar-refractivity contribution in [1.29, 1.82) is 0 Å². The van der Waals surface area contributed by atoms with Gasteiger partial charge in [0, 0.05) is 22.2 Å². The first kappa shape index (κ1) is 22.5. The lowest BCUT2D eigenvalue weighted by molar-refractivity contribution is -0.333. The molecule has 30 heavy (non-hydrogen) atoms. The molecule has 0 fully saturated rings. The molecule has 0 saturated heterocycles. The maximum Gasteiger partial charge on any atom is 0.203 e. The van der Waals surface area contributed by atoms with Crippen molar-refractivity contribution in [3.8, 4) is 44.6 Å². The van der Waals surface area contributed by atoms with Gasteiger partial charge in [0.2, 0.25) is 5.75 Å². The Hall–Kier alpha value is -2.23. The summed E-state index contributed by atoms with van der Waals surface area (Å²) in [5, 5.41) is 0. The summed E-state index contributed by atoms with van der Waals surface area (Å²) < 4.78 is 36.3. The van der Waals surface area contributed by atoms with Crippen molar-refractivity contribution in [2.75, 3.05) is 27.6 Å². The van der Waals surface area contributed by atoms with Crippen LogP contribution < -0.4 is 28.5 Å². The van der Waals surface area contributed by atoms with Gasteiger partial charge in [0.15, 0.2) is 11.5 Å². The Balaban J connectivity index is 2.13. The molecule has 0 aliphatic carbocycles. The Morgan fingerprint density at radius 3 is 2.13 bits per heavy atom. The molecule has 1 heterocycles. The number of thioether (sulfide) groups is 1. The van der Waals surface area contributed by atoms with Crippen LogP contribution in [0.3, 0.4) is 0 Å². The summed E-state index contributed by atoms with van der Waals surface area (Å²) in [6.45, 7) is 0. The Bertz CT molecular complexity index is 1070. The van der Waals surface area contributed by atoms with Gasteiger partial charge in [0.05, 0.1) is 26.2 Å². The number of ether oxygens (including phenoxy) is 3. The number of benzene rings is 2. The maximum absolute atomic E-state index is 11.1. The maximum atomic E-state index is 11.1. The molecule has 0 amide bonds. The molecular formula is C19H18NO7PS2-2. The molecule has 1 aromatic heterocycles. The van der Waals surface area contributed by atoms with Crippen molar-refractivity contribution in [3.05, 3.63) is 36.5 Å². The van der Waals surface area contributed by atoms with Crippen LogP contribution >= 0.6 is 31.1 Å². The minimum atomic E-state index is -5.20. The van der Waals surface area contributed by atoms with Gasteiger partial charge in [-0.3, -0.25) is 0 Å². The average Bonchev–Trinajstić information content (AvgIpc) is 3.21. The van der Waals surface area contributed by atoms with Crippen LogP contribution in [0.5, 0.6) is 23.0 Å².